The lowest BCUT2D eigenvalue weighted by molar-refractivity contribution is -0.148. The second kappa shape index (κ2) is 7.16. The maximum absolute atomic E-state index is 14.4. The number of amides is 1. The predicted octanol–water partition coefficient (Wildman–Crippen LogP) is 4.34. The maximum atomic E-state index is 14.4. The number of carbonyl (C=O) groups excluding carboxylic acids is 1. The Morgan fingerprint density at radius 3 is 2.47 bits per heavy atom. The molecule has 1 aromatic heterocycles. The number of aromatic amines is 1. The summed E-state index contributed by atoms with van der Waals surface area (Å²) in [4.78, 5) is 17.5. The summed E-state index contributed by atoms with van der Waals surface area (Å²) >= 11 is 0. The van der Waals surface area contributed by atoms with Crippen molar-refractivity contribution in [1.82, 2.24) is 9.88 Å². The van der Waals surface area contributed by atoms with E-state index in [1.165, 1.54) is 18.2 Å². The summed E-state index contributed by atoms with van der Waals surface area (Å²) in [5.74, 6) is -1.88. The lowest BCUT2D eigenvalue weighted by atomic mass is 9.69. The van der Waals surface area contributed by atoms with E-state index < -0.39 is 11.6 Å². The van der Waals surface area contributed by atoms with Gasteiger partial charge in [0, 0.05) is 23.9 Å². The largest absolute Gasteiger partial charge is 0.394 e. The molecule has 2 aromatic carbocycles. The molecule has 1 aliphatic heterocycles. The Morgan fingerprint density at radius 1 is 1.10 bits per heavy atom. The minimum atomic E-state index is -0.682. The number of hydrogen-bond donors (Lipinski definition) is 2. The fourth-order valence-corrected chi connectivity index (χ4v) is 4.72. The Morgan fingerprint density at radius 2 is 1.83 bits per heavy atom. The van der Waals surface area contributed by atoms with Crippen molar-refractivity contribution in [3.63, 3.8) is 0 Å². The number of H-pyrrole nitrogens is 1. The topological polar surface area (TPSA) is 56.3 Å². The molecule has 4 nitrogen and oxygen atoms in total. The van der Waals surface area contributed by atoms with Gasteiger partial charge in [0.2, 0.25) is 5.91 Å². The van der Waals surface area contributed by atoms with Crippen LogP contribution in [0.15, 0.2) is 36.4 Å². The SMILES string of the molecule is O=C(C1CC(c2c(-c3ccc(F)cc3)[nH]c3c(F)cc(F)cc23)C1)N1CC[C@H]1CO. The van der Waals surface area contributed by atoms with Crippen molar-refractivity contribution in [2.45, 2.75) is 31.2 Å². The van der Waals surface area contributed by atoms with Gasteiger partial charge in [-0.3, -0.25) is 4.79 Å². The molecular weight excluding hydrogens is 393 g/mol. The summed E-state index contributed by atoms with van der Waals surface area (Å²) in [5.41, 5.74) is 2.29. The van der Waals surface area contributed by atoms with Crippen LogP contribution in [0.25, 0.3) is 22.2 Å². The first kappa shape index (κ1) is 19.2. The van der Waals surface area contributed by atoms with Crippen molar-refractivity contribution in [1.29, 1.82) is 0 Å². The number of nitrogens with one attached hydrogen (secondary N) is 1. The summed E-state index contributed by atoms with van der Waals surface area (Å²) in [5, 5.41) is 9.79. The number of aliphatic hydroxyl groups is 1. The second-order valence-corrected chi connectivity index (χ2v) is 8.25. The summed E-state index contributed by atoms with van der Waals surface area (Å²) in [7, 11) is 0. The Bertz CT molecular complexity index is 1120. The summed E-state index contributed by atoms with van der Waals surface area (Å²) in [6.45, 7) is 0.632. The normalized spacial score (nSPS) is 23.3. The zero-order chi connectivity index (χ0) is 21.0. The number of benzene rings is 2. The van der Waals surface area contributed by atoms with E-state index in [0.717, 1.165) is 18.1 Å². The molecule has 1 atom stereocenters. The number of aliphatic hydroxyl groups excluding tert-OH is 1. The molecule has 0 bridgehead atoms. The molecule has 0 spiro atoms. The Labute approximate surface area is 171 Å². The lowest BCUT2D eigenvalue weighted by Crippen LogP contribution is -2.56. The molecule has 30 heavy (non-hydrogen) atoms. The van der Waals surface area contributed by atoms with E-state index in [9.17, 15) is 23.1 Å². The third-order valence-electron chi connectivity index (χ3n) is 6.53. The van der Waals surface area contributed by atoms with E-state index in [4.69, 9.17) is 0 Å². The Balaban J connectivity index is 1.50. The van der Waals surface area contributed by atoms with Crippen LogP contribution in [0, 0.1) is 23.4 Å². The van der Waals surface area contributed by atoms with Crippen molar-refractivity contribution in [3.05, 3.63) is 59.4 Å². The van der Waals surface area contributed by atoms with Gasteiger partial charge in [0.25, 0.3) is 0 Å². The molecule has 5 rings (SSSR count). The molecule has 1 amide bonds. The first-order valence-corrected chi connectivity index (χ1v) is 10.1. The minimum Gasteiger partial charge on any atom is -0.394 e. The number of aromatic nitrogens is 1. The third kappa shape index (κ3) is 2.99. The zero-order valence-electron chi connectivity index (χ0n) is 16.2. The van der Waals surface area contributed by atoms with E-state index in [1.54, 1.807) is 17.0 Å². The van der Waals surface area contributed by atoms with E-state index in [1.807, 2.05) is 0 Å². The third-order valence-corrected chi connectivity index (χ3v) is 6.53. The van der Waals surface area contributed by atoms with E-state index in [-0.39, 0.29) is 41.7 Å². The molecule has 0 radical (unpaired) electrons. The van der Waals surface area contributed by atoms with Gasteiger partial charge in [-0.1, -0.05) is 0 Å². The average Bonchev–Trinajstić information content (AvgIpc) is 3.00. The monoisotopic (exact) mass is 414 g/mol. The Hall–Kier alpha value is -2.80. The molecular formula is C23H21F3N2O2. The van der Waals surface area contributed by atoms with E-state index in [0.29, 0.717) is 36.0 Å². The predicted molar refractivity (Wildman–Crippen MR) is 106 cm³/mol. The molecule has 1 saturated carbocycles. The molecule has 2 heterocycles. The van der Waals surface area contributed by atoms with E-state index in [2.05, 4.69) is 4.98 Å². The van der Waals surface area contributed by atoms with Crippen LogP contribution in [0.1, 0.15) is 30.7 Å². The van der Waals surface area contributed by atoms with E-state index >= 15 is 0 Å². The van der Waals surface area contributed by atoms with Gasteiger partial charge in [-0.05, 0) is 66.6 Å². The molecule has 1 aliphatic carbocycles. The van der Waals surface area contributed by atoms with Crippen LogP contribution in [0.3, 0.4) is 0 Å². The van der Waals surface area contributed by atoms with Crippen LogP contribution in [-0.4, -0.2) is 40.1 Å². The molecule has 156 valence electrons. The van der Waals surface area contributed by atoms with Crippen LogP contribution < -0.4 is 0 Å². The van der Waals surface area contributed by atoms with Crippen molar-refractivity contribution in [3.8, 4) is 11.3 Å². The van der Waals surface area contributed by atoms with Crippen molar-refractivity contribution in [2.75, 3.05) is 13.2 Å². The number of rotatable bonds is 4. The smallest absolute Gasteiger partial charge is 0.226 e. The Kier molecular flexibility index (Phi) is 4.58. The number of hydrogen-bond acceptors (Lipinski definition) is 2. The zero-order valence-corrected chi connectivity index (χ0v) is 16.2. The quantitative estimate of drug-likeness (QED) is 0.667. The highest BCUT2D eigenvalue weighted by atomic mass is 19.1. The van der Waals surface area contributed by atoms with Gasteiger partial charge in [-0.25, -0.2) is 13.2 Å². The lowest BCUT2D eigenvalue weighted by Gasteiger charge is -2.45. The molecule has 2 N–H and O–H groups in total. The van der Waals surface area contributed by atoms with Crippen molar-refractivity contribution in [2.24, 2.45) is 5.92 Å². The fourth-order valence-electron chi connectivity index (χ4n) is 4.72. The highest BCUT2D eigenvalue weighted by Gasteiger charge is 2.43. The highest BCUT2D eigenvalue weighted by Crippen LogP contribution is 2.49. The number of halogens is 3. The molecule has 0 unspecified atom stereocenters. The van der Waals surface area contributed by atoms with Crippen molar-refractivity contribution < 1.29 is 23.1 Å². The van der Waals surface area contributed by atoms with Crippen LogP contribution in [-0.2, 0) is 4.79 Å². The molecule has 7 heteroatoms. The highest BCUT2D eigenvalue weighted by molar-refractivity contribution is 5.92. The first-order valence-electron chi connectivity index (χ1n) is 10.1. The number of carbonyl (C=O) groups is 1. The van der Waals surface area contributed by atoms with Crippen molar-refractivity contribution >= 4 is 16.8 Å². The minimum absolute atomic E-state index is 0.0302. The molecule has 3 aromatic rings. The van der Waals surface area contributed by atoms with Crippen LogP contribution >= 0.6 is 0 Å². The first-order chi connectivity index (χ1) is 14.5. The number of likely N-dealkylation sites (tertiary alicyclic amines) is 1. The standard InChI is InChI=1S/C23H21F3N2O2/c24-15-3-1-12(2-4-15)21-20(18-9-16(25)10-19(26)22(18)27-21)13-7-14(8-13)23(30)28-6-5-17(28)11-29/h1-4,9-10,13-14,17,27,29H,5-8,11H2/t13?,14?,17-/m0/s1. The van der Waals surface area contributed by atoms with Crippen LogP contribution in [0.2, 0.25) is 0 Å². The van der Waals surface area contributed by atoms with Gasteiger partial charge in [-0.2, -0.15) is 0 Å². The average molecular weight is 414 g/mol. The van der Waals surface area contributed by atoms with Gasteiger partial charge >= 0.3 is 0 Å². The maximum Gasteiger partial charge on any atom is 0.226 e. The van der Waals surface area contributed by atoms with Gasteiger partial charge < -0.3 is 15.0 Å². The van der Waals surface area contributed by atoms with Crippen LogP contribution in [0.4, 0.5) is 13.2 Å². The molecule has 2 aliphatic rings. The number of nitrogens with zero attached hydrogens (tertiary/aromatic N) is 1. The van der Waals surface area contributed by atoms with Gasteiger partial charge in [0.15, 0.2) is 0 Å². The molecule has 1 saturated heterocycles. The summed E-state index contributed by atoms with van der Waals surface area (Å²) in [6.07, 6.45) is 1.97. The number of fused-ring (bicyclic) bond motifs is 1. The van der Waals surface area contributed by atoms with Gasteiger partial charge in [-0.15, -0.1) is 0 Å². The van der Waals surface area contributed by atoms with Crippen LogP contribution in [0.5, 0.6) is 0 Å². The molecule has 2 fully saturated rings. The summed E-state index contributed by atoms with van der Waals surface area (Å²) < 4.78 is 41.8. The fraction of sp³-hybridized carbons (Fsp3) is 0.348. The van der Waals surface area contributed by atoms with Gasteiger partial charge in [0.1, 0.15) is 17.5 Å². The summed E-state index contributed by atoms with van der Waals surface area (Å²) in [6, 6.07) is 7.91. The van der Waals surface area contributed by atoms with Gasteiger partial charge in [0.05, 0.1) is 23.9 Å². The second-order valence-electron chi connectivity index (χ2n) is 8.25.